The van der Waals surface area contributed by atoms with E-state index in [1.165, 1.54) is 12.1 Å². The third-order valence-corrected chi connectivity index (χ3v) is 5.29. The summed E-state index contributed by atoms with van der Waals surface area (Å²) in [6.07, 6.45) is 1.21. The van der Waals surface area contributed by atoms with Crippen molar-refractivity contribution in [3.8, 4) is 0 Å². The van der Waals surface area contributed by atoms with Crippen LogP contribution in [0.4, 0.5) is 14.9 Å². The largest absolute Gasteiger partial charge is 0.341 e. The van der Waals surface area contributed by atoms with Crippen LogP contribution in [0.5, 0.6) is 0 Å². The number of urea groups is 1. The van der Waals surface area contributed by atoms with Gasteiger partial charge in [-0.05, 0) is 54.8 Å². The molecule has 1 heterocycles. The number of amides is 3. The van der Waals surface area contributed by atoms with E-state index in [9.17, 15) is 14.0 Å². The summed E-state index contributed by atoms with van der Waals surface area (Å²) >= 11 is 5.87. The molecule has 5 nitrogen and oxygen atoms in total. The molecule has 1 aliphatic rings. The topological polar surface area (TPSA) is 52.7 Å². The Morgan fingerprint density at radius 1 is 1.07 bits per heavy atom. The number of hydrogen-bond acceptors (Lipinski definition) is 2. The summed E-state index contributed by atoms with van der Waals surface area (Å²) in [5.41, 5.74) is 1.49. The number of hydrogen-bond donors (Lipinski definition) is 1. The van der Waals surface area contributed by atoms with Crippen LogP contribution < -0.4 is 5.32 Å². The Bertz CT molecular complexity index is 859. The van der Waals surface area contributed by atoms with Crippen molar-refractivity contribution in [1.29, 1.82) is 0 Å². The predicted octanol–water partition coefficient (Wildman–Crippen LogP) is 4.42. The van der Waals surface area contributed by atoms with E-state index in [0.717, 1.165) is 5.56 Å². The molecule has 7 heteroatoms. The molecule has 2 aromatic carbocycles. The van der Waals surface area contributed by atoms with Crippen LogP contribution in [0.25, 0.3) is 0 Å². The van der Waals surface area contributed by atoms with Crippen molar-refractivity contribution >= 4 is 29.2 Å². The normalized spacial score (nSPS) is 15.6. The molecule has 1 unspecified atom stereocenters. The van der Waals surface area contributed by atoms with Crippen molar-refractivity contribution in [1.82, 2.24) is 9.80 Å². The Morgan fingerprint density at radius 2 is 1.76 bits per heavy atom. The number of carbonyl (C=O) groups excluding carboxylic acids is 2. The molecule has 29 heavy (non-hydrogen) atoms. The van der Waals surface area contributed by atoms with Crippen molar-refractivity contribution in [3.63, 3.8) is 0 Å². The minimum Gasteiger partial charge on any atom is -0.341 e. The minimum absolute atomic E-state index is 0.0363. The molecular weight excluding hydrogens is 393 g/mol. The first kappa shape index (κ1) is 21.1. The Hall–Kier alpha value is -2.60. The van der Waals surface area contributed by atoms with E-state index in [0.29, 0.717) is 49.7 Å². The lowest BCUT2D eigenvalue weighted by atomic mass is 9.99. The molecule has 0 aromatic heterocycles. The van der Waals surface area contributed by atoms with E-state index in [1.54, 1.807) is 40.1 Å². The third-order valence-electron chi connectivity index (χ3n) is 5.04. The van der Waals surface area contributed by atoms with Crippen molar-refractivity contribution in [2.75, 3.05) is 31.5 Å². The van der Waals surface area contributed by atoms with Gasteiger partial charge in [0.05, 0.1) is 0 Å². The maximum absolute atomic E-state index is 13.4. The highest BCUT2D eigenvalue weighted by atomic mass is 35.5. The van der Waals surface area contributed by atoms with Gasteiger partial charge in [0, 0.05) is 42.8 Å². The molecule has 2 aromatic rings. The summed E-state index contributed by atoms with van der Waals surface area (Å²) in [6, 6.07) is 13.1. The molecule has 0 saturated carbocycles. The smallest absolute Gasteiger partial charge is 0.321 e. The van der Waals surface area contributed by atoms with Gasteiger partial charge in [-0.1, -0.05) is 30.7 Å². The number of carbonyl (C=O) groups is 2. The first-order chi connectivity index (χ1) is 13.9. The van der Waals surface area contributed by atoms with E-state index in [1.807, 2.05) is 13.0 Å². The van der Waals surface area contributed by atoms with Gasteiger partial charge in [-0.2, -0.15) is 0 Å². The van der Waals surface area contributed by atoms with Crippen LogP contribution in [0.15, 0.2) is 48.5 Å². The van der Waals surface area contributed by atoms with Crippen LogP contribution >= 0.6 is 11.6 Å². The molecule has 3 rings (SSSR count). The van der Waals surface area contributed by atoms with Gasteiger partial charge < -0.3 is 15.1 Å². The molecular formula is C22H25ClFN3O2. The zero-order valence-corrected chi connectivity index (χ0v) is 17.2. The van der Waals surface area contributed by atoms with Crippen molar-refractivity contribution in [2.45, 2.75) is 19.8 Å². The molecule has 1 N–H and O–H groups in total. The lowest BCUT2D eigenvalue weighted by Gasteiger charge is -2.25. The Labute approximate surface area is 175 Å². The highest BCUT2D eigenvalue weighted by Crippen LogP contribution is 2.16. The lowest BCUT2D eigenvalue weighted by molar-refractivity contribution is -0.134. The van der Waals surface area contributed by atoms with Crippen molar-refractivity contribution in [3.05, 3.63) is 64.9 Å². The quantitative estimate of drug-likeness (QED) is 0.800. The van der Waals surface area contributed by atoms with Crippen LogP contribution in [-0.2, 0) is 11.2 Å². The van der Waals surface area contributed by atoms with Gasteiger partial charge >= 0.3 is 6.03 Å². The molecule has 1 aliphatic heterocycles. The van der Waals surface area contributed by atoms with Gasteiger partial charge in [0.15, 0.2) is 0 Å². The third kappa shape index (κ3) is 5.94. The number of anilines is 1. The van der Waals surface area contributed by atoms with Crippen LogP contribution in [-0.4, -0.2) is 47.9 Å². The van der Waals surface area contributed by atoms with Gasteiger partial charge in [0.25, 0.3) is 0 Å². The molecule has 0 bridgehead atoms. The Balaban J connectivity index is 1.53. The number of rotatable bonds is 4. The highest BCUT2D eigenvalue weighted by Gasteiger charge is 2.25. The number of benzene rings is 2. The van der Waals surface area contributed by atoms with Gasteiger partial charge in [-0.3, -0.25) is 4.79 Å². The standard InChI is InChI=1S/C22H25ClFN3O2/c1-16(14-17-4-2-5-19(24)15-17)21(28)26-10-3-11-27(13-12-26)22(29)25-20-8-6-18(23)7-9-20/h2,4-9,15-16H,3,10-14H2,1H3,(H,25,29). The van der Waals surface area contributed by atoms with E-state index in [2.05, 4.69) is 5.32 Å². The van der Waals surface area contributed by atoms with E-state index < -0.39 is 0 Å². The van der Waals surface area contributed by atoms with Gasteiger partial charge in [-0.25, -0.2) is 9.18 Å². The van der Waals surface area contributed by atoms with Crippen LogP contribution in [0.1, 0.15) is 18.9 Å². The average molecular weight is 418 g/mol. The molecule has 0 radical (unpaired) electrons. The van der Waals surface area contributed by atoms with Crippen molar-refractivity contribution in [2.24, 2.45) is 5.92 Å². The van der Waals surface area contributed by atoms with Crippen LogP contribution in [0.3, 0.4) is 0 Å². The summed E-state index contributed by atoms with van der Waals surface area (Å²) in [6.45, 7) is 4.01. The monoisotopic (exact) mass is 417 g/mol. The van der Waals surface area contributed by atoms with E-state index in [-0.39, 0.29) is 23.7 Å². The zero-order valence-electron chi connectivity index (χ0n) is 16.4. The minimum atomic E-state index is -0.292. The zero-order chi connectivity index (χ0) is 20.8. The molecule has 0 aliphatic carbocycles. The number of halogens is 2. The van der Waals surface area contributed by atoms with Gasteiger partial charge in [0.2, 0.25) is 5.91 Å². The maximum Gasteiger partial charge on any atom is 0.321 e. The summed E-state index contributed by atoms with van der Waals surface area (Å²) in [5.74, 6) is -0.500. The number of nitrogens with one attached hydrogen (secondary N) is 1. The molecule has 1 atom stereocenters. The second-order valence-corrected chi connectivity index (χ2v) is 7.77. The summed E-state index contributed by atoms with van der Waals surface area (Å²) in [4.78, 5) is 28.9. The fraction of sp³-hybridized carbons (Fsp3) is 0.364. The summed E-state index contributed by atoms with van der Waals surface area (Å²) in [7, 11) is 0. The fourth-order valence-electron chi connectivity index (χ4n) is 3.49. The molecule has 3 amide bonds. The number of nitrogens with zero attached hydrogens (tertiary/aromatic N) is 2. The second-order valence-electron chi connectivity index (χ2n) is 7.34. The van der Waals surface area contributed by atoms with E-state index >= 15 is 0 Å². The lowest BCUT2D eigenvalue weighted by Crippen LogP contribution is -2.41. The fourth-order valence-corrected chi connectivity index (χ4v) is 3.62. The molecule has 1 saturated heterocycles. The average Bonchev–Trinajstić information content (AvgIpc) is 2.95. The summed E-state index contributed by atoms with van der Waals surface area (Å²) < 4.78 is 13.4. The highest BCUT2D eigenvalue weighted by molar-refractivity contribution is 6.30. The Kier molecular flexibility index (Phi) is 7.09. The maximum atomic E-state index is 13.4. The molecule has 1 fully saturated rings. The first-order valence-electron chi connectivity index (χ1n) is 9.77. The molecule has 154 valence electrons. The summed E-state index contributed by atoms with van der Waals surface area (Å²) in [5, 5.41) is 3.47. The van der Waals surface area contributed by atoms with Gasteiger partial charge in [-0.15, -0.1) is 0 Å². The van der Waals surface area contributed by atoms with Gasteiger partial charge in [0.1, 0.15) is 5.82 Å². The first-order valence-corrected chi connectivity index (χ1v) is 10.1. The molecule has 0 spiro atoms. The SMILES string of the molecule is CC(Cc1cccc(F)c1)C(=O)N1CCCN(C(=O)Nc2ccc(Cl)cc2)CC1. The second kappa shape index (κ2) is 9.74. The van der Waals surface area contributed by atoms with Crippen LogP contribution in [0.2, 0.25) is 5.02 Å². The van der Waals surface area contributed by atoms with Crippen LogP contribution in [0, 0.1) is 11.7 Å². The Morgan fingerprint density at radius 3 is 2.48 bits per heavy atom. The van der Waals surface area contributed by atoms with E-state index in [4.69, 9.17) is 11.6 Å². The van der Waals surface area contributed by atoms with Crippen molar-refractivity contribution < 1.29 is 14.0 Å². The predicted molar refractivity (Wildman–Crippen MR) is 113 cm³/mol.